The molecule has 2 atom stereocenters. The maximum absolute atomic E-state index is 12.6. The van der Waals surface area contributed by atoms with Crippen LogP contribution in [0.4, 0.5) is 5.82 Å². The van der Waals surface area contributed by atoms with Crippen LogP contribution in [0.3, 0.4) is 0 Å². The first kappa shape index (κ1) is 18.4. The zero-order valence-electron chi connectivity index (χ0n) is 15.6. The fourth-order valence-electron chi connectivity index (χ4n) is 3.27. The predicted molar refractivity (Wildman–Crippen MR) is 103 cm³/mol. The van der Waals surface area contributed by atoms with E-state index in [2.05, 4.69) is 39.8 Å². The van der Waals surface area contributed by atoms with Crippen LogP contribution in [0, 0.1) is 18.8 Å². The van der Waals surface area contributed by atoms with Crippen molar-refractivity contribution in [1.29, 1.82) is 0 Å². The second-order valence-corrected chi connectivity index (χ2v) is 7.39. The Morgan fingerprint density at radius 3 is 3.00 bits per heavy atom. The number of aromatic amines is 1. The number of hydrogen-bond acceptors (Lipinski definition) is 5. The van der Waals surface area contributed by atoms with Crippen LogP contribution in [0.1, 0.15) is 25.8 Å². The number of nitrogens with zero attached hydrogens (tertiary/aromatic N) is 1. The lowest BCUT2D eigenvalue weighted by Gasteiger charge is -2.32. The Labute approximate surface area is 153 Å². The van der Waals surface area contributed by atoms with Crippen molar-refractivity contribution < 1.29 is 4.79 Å². The summed E-state index contributed by atoms with van der Waals surface area (Å²) in [7, 11) is 0. The highest BCUT2D eigenvalue weighted by atomic mass is 16.2. The van der Waals surface area contributed by atoms with Gasteiger partial charge >= 0.3 is 0 Å². The lowest BCUT2D eigenvalue weighted by atomic mass is 9.92. The molecule has 1 fully saturated rings. The molecule has 140 valence electrons. The third-order valence-electron chi connectivity index (χ3n) is 4.78. The minimum atomic E-state index is -0.184. The van der Waals surface area contributed by atoms with Crippen molar-refractivity contribution in [3.63, 3.8) is 0 Å². The van der Waals surface area contributed by atoms with Gasteiger partial charge in [0, 0.05) is 36.3 Å². The van der Waals surface area contributed by atoms with Gasteiger partial charge in [-0.3, -0.25) is 9.59 Å². The largest absolute Gasteiger partial charge is 0.365 e. The Bertz CT molecular complexity index is 845. The predicted octanol–water partition coefficient (Wildman–Crippen LogP) is 1.39. The maximum atomic E-state index is 12.6. The van der Waals surface area contributed by atoms with Gasteiger partial charge in [0.05, 0.1) is 11.4 Å². The van der Waals surface area contributed by atoms with Crippen molar-refractivity contribution in [1.82, 2.24) is 20.6 Å². The van der Waals surface area contributed by atoms with Gasteiger partial charge in [-0.05, 0) is 37.9 Å². The van der Waals surface area contributed by atoms with Crippen molar-refractivity contribution >= 4 is 22.6 Å². The van der Waals surface area contributed by atoms with Crippen LogP contribution in [0.2, 0.25) is 0 Å². The molecule has 1 aliphatic rings. The molecule has 0 spiro atoms. The molecule has 0 saturated carbocycles. The molecular formula is C19H27N5O2. The van der Waals surface area contributed by atoms with Gasteiger partial charge in [0.25, 0.3) is 5.56 Å². The molecule has 26 heavy (non-hydrogen) atoms. The topological polar surface area (TPSA) is 98.9 Å². The molecule has 0 bridgehead atoms. The van der Waals surface area contributed by atoms with Crippen molar-refractivity contribution in [2.75, 3.05) is 25.0 Å². The summed E-state index contributed by atoms with van der Waals surface area (Å²) in [4.78, 5) is 31.9. The van der Waals surface area contributed by atoms with Crippen molar-refractivity contribution in [2.24, 2.45) is 11.8 Å². The first-order valence-corrected chi connectivity index (χ1v) is 9.19. The van der Waals surface area contributed by atoms with E-state index >= 15 is 0 Å². The molecule has 7 heteroatoms. The van der Waals surface area contributed by atoms with Gasteiger partial charge in [-0.25, -0.2) is 4.98 Å². The lowest BCUT2D eigenvalue weighted by Crippen LogP contribution is -2.51. The minimum absolute atomic E-state index is 0.0358. The summed E-state index contributed by atoms with van der Waals surface area (Å²) in [6, 6.07) is 3.70. The van der Waals surface area contributed by atoms with Gasteiger partial charge in [0.2, 0.25) is 5.91 Å². The fourth-order valence-corrected chi connectivity index (χ4v) is 3.27. The molecule has 0 unspecified atom stereocenters. The summed E-state index contributed by atoms with van der Waals surface area (Å²) in [6.45, 7) is 8.07. The highest BCUT2D eigenvalue weighted by Gasteiger charge is 2.31. The number of anilines is 1. The molecule has 0 aliphatic carbocycles. The van der Waals surface area contributed by atoms with Crippen LogP contribution in [-0.4, -0.2) is 41.6 Å². The summed E-state index contributed by atoms with van der Waals surface area (Å²) in [6.07, 6.45) is 2.53. The van der Waals surface area contributed by atoms with Gasteiger partial charge in [0.1, 0.15) is 0 Å². The number of rotatable bonds is 5. The molecule has 1 amide bonds. The van der Waals surface area contributed by atoms with E-state index in [1.54, 1.807) is 13.1 Å². The monoisotopic (exact) mass is 357 g/mol. The number of hydrogen-bond donors (Lipinski definition) is 4. The number of amides is 1. The minimum Gasteiger partial charge on any atom is -0.365 e. The summed E-state index contributed by atoms with van der Waals surface area (Å²) >= 11 is 0. The molecule has 3 heterocycles. The Kier molecular flexibility index (Phi) is 5.56. The molecule has 2 aromatic heterocycles. The van der Waals surface area contributed by atoms with Crippen LogP contribution < -0.4 is 21.5 Å². The number of piperidine rings is 1. The van der Waals surface area contributed by atoms with E-state index in [1.165, 1.54) is 0 Å². The molecule has 0 aromatic carbocycles. The maximum Gasteiger partial charge on any atom is 0.251 e. The number of pyridine rings is 2. The third kappa shape index (κ3) is 4.04. The standard InChI is InChI=1S/C19H27N5O2/c1-11(2)9-22-19(26)14-10-20-6-5-15(14)23-17-16-13(4-7-21-17)8-12(3)18(25)24-16/h4,7-8,11,14-15,20H,5-6,9-10H2,1-3H3,(H,21,23)(H,22,26)(H,24,25)/t14-,15-/m1/s1. The quantitative estimate of drug-likeness (QED) is 0.648. The Balaban J connectivity index is 1.84. The van der Waals surface area contributed by atoms with Crippen LogP contribution >= 0.6 is 0 Å². The Morgan fingerprint density at radius 1 is 1.42 bits per heavy atom. The SMILES string of the molecule is Cc1cc2ccnc(N[C@@H]3CCNC[C@H]3C(=O)NCC(C)C)c2[nH]c1=O. The van der Waals surface area contributed by atoms with Gasteiger partial charge < -0.3 is 20.9 Å². The molecule has 0 radical (unpaired) electrons. The third-order valence-corrected chi connectivity index (χ3v) is 4.78. The van der Waals surface area contributed by atoms with Crippen LogP contribution in [0.15, 0.2) is 23.1 Å². The van der Waals surface area contributed by atoms with Crippen molar-refractivity contribution in [2.45, 2.75) is 33.2 Å². The number of aryl methyl sites for hydroxylation is 1. The highest BCUT2D eigenvalue weighted by molar-refractivity contribution is 5.88. The van der Waals surface area contributed by atoms with Crippen LogP contribution in [-0.2, 0) is 4.79 Å². The van der Waals surface area contributed by atoms with E-state index in [0.717, 1.165) is 18.4 Å². The van der Waals surface area contributed by atoms with Gasteiger partial charge in [0.15, 0.2) is 5.82 Å². The zero-order valence-corrected chi connectivity index (χ0v) is 15.6. The molecule has 4 N–H and O–H groups in total. The number of H-pyrrole nitrogens is 1. The number of aromatic nitrogens is 2. The number of carbonyl (C=O) groups excluding carboxylic acids is 1. The zero-order chi connectivity index (χ0) is 18.7. The second kappa shape index (κ2) is 7.86. The Hall–Kier alpha value is -2.41. The molecule has 7 nitrogen and oxygen atoms in total. The molecule has 1 aliphatic heterocycles. The smallest absolute Gasteiger partial charge is 0.251 e. The first-order chi connectivity index (χ1) is 12.5. The van der Waals surface area contributed by atoms with Crippen molar-refractivity contribution in [3.8, 4) is 0 Å². The summed E-state index contributed by atoms with van der Waals surface area (Å²) in [5.74, 6) is 0.896. The molecule has 2 aromatic rings. The number of fused-ring (bicyclic) bond motifs is 1. The summed E-state index contributed by atoms with van der Waals surface area (Å²) in [5.41, 5.74) is 1.23. The van der Waals surface area contributed by atoms with E-state index in [4.69, 9.17) is 0 Å². The average Bonchev–Trinajstić information content (AvgIpc) is 2.62. The first-order valence-electron chi connectivity index (χ1n) is 9.19. The summed E-state index contributed by atoms with van der Waals surface area (Å²) in [5, 5.41) is 10.7. The van der Waals surface area contributed by atoms with Gasteiger partial charge in [-0.1, -0.05) is 13.8 Å². The normalized spacial score (nSPS) is 20.3. The van der Waals surface area contributed by atoms with E-state index in [0.29, 0.717) is 35.9 Å². The number of carbonyl (C=O) groups is 1. The molecule has 1 saturated heterocycles. The van der Waals surface area contributed by atoms with E-state index in [9.17, 15) is 9.59 Å². The fraction of sp³-hybridized carbons (Fsp3) is 0.526. The van der Waals surface area contributed by atoms with Crippen LogP contribution in [0.5, 0.6) is 0 Å². The summed E-state index contributed by atoms with van der Waals surface area (Å²) < 4.78 is 0. The lowest BCUT2D eigenvalue weighted by molar-refractivity contribution is -0.125. The number of nitrogens with one attached hydrogen (secondary N) is 4. The molecule has 3 rings (SSSR count). The second-order valence-electron chi connectivity index (χ2n) is 7.39. The van der Waals surface area contributed by atoms with E-state index in [-0.39, 0.29) is 23.4 Å². The van der Waals surface area contributed by atoms with Crippen molar-refractivity contribution in [3.05, 3.63) is 34.2 Å². The molecular weight excluding hydrogens is 330 g/mol. The van der Waals surface area contributed by atoms with Gasteiger partial charge in [-0.2, -0.15) is 0 Å². The average molecular weight is 357 g/mol. The highest BCUT2D eigenvalue weighted by Crippen LogP contribution is 2.22. The Morgan fingerprint density at radius 2 is 2.23 bits per heavy atom. The van der Waals surface area contributed by atoms with Gasteiger partial charge in [-0.15, -0.1) is 0 Å². The van der Waals surface area contributed by atoms with Crippen LogP contribution in [0.25, 0.3) is 10.9 Å². The van der Waals surface area contributed by atoms with E-state index in [1.807, 2.05) is 12.1 Å². The van der Waals surface area contributed by atoms with E-state index < -0.39 is 0 Å².